The smallest absolute Gasteiger partial charge is 0.312 e. The van der Waals surface area contributed by atoms with Gasteiger partial charge in [-0.3, -0.25) is 9.59 Å². The zero-order valence-corrected chi connectivity index (χ0v) is 12.0. The predicted molar refractivity (Wildman–Crippen MR) is 73.5 cm³/mol. The molecule has 4 atom stereocenters. The third-order valence-electron chi connectivity index (χ3n) is 4.75. The van der Waals surface area contributed by atoms with Crippen molar-refractivity contribution in [3.05, 3.63) is 34.9 Å². The lowest BCUT2D eigenvalue weighted by molar-refractivity contribution is -0.165. The van der Waals surface area contributed by atoms with E-state index in [1.165, 1.54) is 14.2 Å². The van der Waals surface area contributed by atoms with Gasteiger partial charge in [0.1, 0.15) is 5.92 Å². The molecule has 21 heavy (non-hydrogen) atoms. The molecule has 5 nitrogen and oxygen atoms in total. The van der Waals surface area contributed by atoms with E-state index in [0.29, 0.717) is 0 Å². The van der Waals surface area contributed by atoms with Gasteiger partial charge < -0.3 is 14.6 Å². The third-order valence-corrected chi connectivity index (χ3v) is 4.75. The van der Waals surface area contributed by atoms with Crippen LogP contribution in [0.5, 0.6) is 0 Å². The van der Waals surface area contributed by atoms with Crippen LogP contribution in [0.25, 0.3) is 0 Å². The molecule has 112 valence electrons. The van der Waals surface area contributed by atoms with Crippen molar-refractivity contribution in [2.45, 2.75) is 24.9 Å². The maximum Gasteiger partial charge on any atom is 0.312 e. The van der Waals surface area contributed by atoms with E-state index in [-0.39, 0.29) is 5.92 Å². The quantitative estimate of drug-likeness (QED) is 0.832. The standard InChI is InChI=1S/C16H18O5/c1-20-15(18)12-9-7-6-8-4-3-5-10(11(8)9)14(17)13(12)16(19)21-2/h3-5,9,12-14,17H,6-7H2,1-2H3/t9-,12+,13-,14+/m1/s1. The maximum atomic E-state index is 12.2. The van der Waals surface area contributed by atoms with Gasteiger partial charge in [0.15, 0.2) is 0 Å². The molecule has 2 aliphatic rings. The first-order chi connectivity index (χ1) is 10.1. The summed E-state index contributed by atoms with van der Waals surface area (Å²) in [6.07, 6.45) is 0.597. The average Bonchev–Trinajstić information content (AvgIpc) is 2.94. The summed E-state index contributed by atoms with van der Waals surface area (Å²) in [7, 11) is 2.57. The Kier molecular flexibility index (Phi) is 3.45. The number of carbonyl (C=O) groups is 2. The molecule has 0 spiro atoms. The van der Waals surface area contributed by atoms with Crippen LogP contribution in [0, 0.1) is 11.8 Å². The number of aryl methyl sites for hydroxylation is 1. The first-order valence-corrected chi connectivity index (χ1v) is 7.05. The van der Waals surface area contributed by atoms with Gasteiger partial charge in [0, 0.05) is 0 Å². The second-order valence-electron chi connectivity index (χ2n) is 5.61. The van der Waals surface area contributed by atoms with Crippen molar-refractivity contribution in [2.24, 2.45) is 11.8 Å². The minimum Gasteiger partial charge on any atom is -0.469 e. The van der Waals surface area contributed by atoms with Crippen molar-refractivity contribution in [1.29, 1.82) is 0 Å². The van der Waals surface area contributed by atoms with Gasteiger partial charge in [-0.2, -0.15) is 0 Å². The average molecular weight is 290 g/mol. The topological polar surface area (TPSA) is 72.8 Å². The first-order valence-electron chi connectivity index (χ1n) is 7.05. The molecule has 0 amide bonds. The predicted octanol–water partition coefficient (Wildman–Crippen LogP) is 1.34. The highest BCUT2D eigenvalue weighted by molar-refractivity contribution is 5.85. The van der Waals surface area contributed by atoms with E-state index in [4.69, 9.17) is 9.47 Å². The molecule has 0 aromatic heterocycles. The zero-order chi connectivity index (χ0) is 15.1. The van der Waals surface area contributed by atoms with Crippen LogP contribution in [-0.2, 0) is 25.5 Å². The molecule has 3 rings (SSSR count). The lowest BCUT2D eigenvalue weighted by Gasteiger charge is -2.37. The van der Waals surface area contributed by atoms with E-state index in [1.807, 2.05) is 18.2 Å². The Hall–Kier alpha value is -1.88. The van der Waals surface area contributed by atoms with Crippen LogP contribution in [-0.4, -0.2) is 31.3 Å². The van der Waals surface area contributed by atoms with Gasteiger partial charge in [0.05, 0.1) is 26.2 Å². The molecule has 0 fully saturated rings. The summed E-state index contributed by atoms with van der Waals surface area (Å²) < 4.78 is 9.68. The van der Waals surface area contributed by atoms with Crippen molar-refractivity contribution in [2.75, 3.05) is 14.2 Å². The van der Waals surface area contributed by atoms with Crippen LogP contribution < -0.4 is 0 Å². The number of hydrogen-bond acceptors (Lipinski definition) is 5. The van der Waals surface area contributed by atoms with E-state index < -0.39 is 29.9 Å². The summed E-state index contributed by atoms with van der Waals surface area (Å²) in [5.41, 5.74) is 2.90. The molecule has 0 heterocycles. The van der Waals surface area contributed by atoms with Crippen LogP contribution >= 0.6 is 0 Å². The highest BCUT2D eigenvalue weighted by atomic mass is 16.5. The van der Waals surface area contributed by atoms with Crippen molar-refractivity contribution >= 4 is 11.9 Å². The van der Waals surface area contributed by atoms with Crippen molar-refractivity contribution < 1.29 is 24.2 Å². The second-order valence-corrected chi connectivity index (χ2v) is 5.61. The van der Waals surface area contributed by atoms with E-state index in [1.54, 1.807) is 0 Å². The third kappa shape index (κ3) is 1.95. The molecule has 1 aromatic carbocycles. The van der Waals surface area contributed by atoms with Gasteiger partial charge >= 0.3 is 11.9 Å². The number of methoxy groups -OCH3 is 2. The number of aliphatic hydroxyl groups is 1. The Morgan fingerprint density at radius 3 is 2.48 bits per heavy atom. The minimum atomic E-state index is -1.04. The molecule has 2 aliphatic carbocycles. The molecule has 0 aliphatic heterocycles. The zero-order valence-electron chi connectivity index (χ0n) is 12.0. The van der Waals surface area contributed by atoms with E-state index in [9.17, 15) is 14.7 Å². The van der Waals surface area contributed by atoms with Crippen LogP contribution in [0.1, 0.15) is 35.1 Å². The fraction of sp³-hybridized carbons (Fsp3) is 0.500. The molecule has 0 radical (unpaired) electrons. The van der Waals surface area contributed by atoms with Gasteiger partial charge in [-0.25, -0.2) is 0 Å². The van der Waals surface area contributed by atoms with Crippen LogP contribution in [0.15, 0.2) is 18.2 Å². The molecule has 1 N–H and O–H groups in total. The van der Waals surface area contributed by atoms with E-state index >= 15 is 0 Å². The van der Waals surface area contributed by atoms with E-state index in [2.05, 4.69) is 0 Å². The van der Waals surface area contributed by atoms with Gasteiger partial charge in [0.2, 0.25) is 0 Å². The van der Waals surface area contributed by atoms with Gasteiger partial charge in [-0.1, -0.05) is 18.2 Å². The normalized spacial score (nSPS) is 29.7. The number of aliphatic hydroxyl groups excluding tert-OH is 1. The largest absolute Gasteiger partial charge is 0.469 e. The SMILES string of the molecule is COC(=O)[C@@H]1[C@@H](C(=O)OC)[C@@H](O)c2cccc3c2[C@H]1CC3. The highest BCUT2D eigenvalue weighted by Crippen LogP contribution is 2.52. The Labute approximate surface area is 122 Å². The molecule has 0 saturated carbocycles. The summed E-state index contributed by atoms with van der Waals surface area (Å²) in [5.74, 6) is -2.71. The second kappa shape index (κ2) is 5.15. The summed E-state index contributed by atoms with van der Waals surface area (Å²) in [4.78, 5) is 24.3. The highest BCUT2D eigenvalue weighted by Gasteiger charge is 2.52. The van der Waals surface area contributed by atoms with Gasteiger partial charge in [0.25, 0.3) is 0 Å². The summed E-state index contributed by atoms with van der Waals surface area (Å²) in [6.45, 7) is 0. The van der Waals surface area contributed by atoms with Gasteiger partial charge in [-0.05, 0) is 35.4 Å². The van der Waals surface area contributed by atoms with Crippen LogP contribution in [0.2, 0.25) is 0 Å². The number of rotatable bonds is 2. The number of hydrogen-bond donors (Lipinski definition) is 1. The molecule has 0 saturated heterocycles. The lowest BCUT2D eigenvalue weighted by atomic mass is 9.68. The Morgan fingerprint density at radius 1 is 1.14 bits per heavy atom. The Balaban J connectivity index is 2.15. The summed E-state index contributed by atoms with van der Waals surface area (Å²) >= 11 is 0. The molecule has 0 bridgehead atoms. The van der Waals surface area contributed by atoms with E-state index in [0.717, 1.165) is 29.5 Å². The Bertz CT molecular complexity index is 594. The molecule has 5 heteroatoms. The fourth-order valence-corrected chi connectivity index (χ4v) is 3.87. The number of esters is 2. The molecule has 1 aromatic rings. The van der Waals surface area contributed by atoms with Crippen molar-refractivity contribution in [3.8, 4) is 0 Å². The van der Waals surface area contributed by atoms with Crippen molar-refractivity contribution in [1.82, 2.24) is 0 Å². The fourth-order valence-electron chi connectivity index (χ4n) is 3.87. The monoisotopic (exact) mass is 290 g/mol. The molecular weight excluding hydrogens is 272 g/mol. The van der Waals surface area contributed by atoms with Gasteiger partial charge in [-0.15, -0.1) is 0 Å². The maximum absolute atomic E-state index is 12.2. The van der Waals surface area contributed by atoms with Crippen LogP contribution in [0.3, 0.4) is 0 Å². The number of ether oxygens (including phenoxy) is 2. The molecule has 0 unspecified atom stereocenters. The minimum absolute atomic E-state index is 0.0869. The summed E-state index contributed by atoms with van der Waals surface area (Å²) in [6, 6.07) is 5.72. The first kappa shape index (κ1) is 14.1. The van der Waals surface area contributed by atoms with Crippen LogP contribution in [0.4, 0.5) is 0 Å². The number of benzene rings is 1. The Morgan fingerprint density at radius 2 is 1.81 bits per heavy atom. The molecular formula is C16H18O5. The number of carbonyl (C=O) groups excluding carboxylic acids is 2. The van der Waals surface area contributed by atoms with Crippen molar-refractivity contribution in [3.63, 3.8) is 0 Å². The summed E-state index contributed by atoms with van der Waals surface area (Å²) in [5, 5.41) is 10.6. The lowest BCUT2D eigenvalue weighted by Crippen LogP contribution is -2.42.